The number of rotatable bonds is 5. The summed E-state index contributed by atoms with van der Waals surface area (Å²) in [7, 11) is 4.87. The molecule has 2 amide bonds. The fourth-order valence-electron chi connectivity index (χ4n) is 5.18. The van der Waals surface area contributed by atoms with Gasteiger partial charge in [0, 0.05) is 54.4 Å². The van der Waals surface area contributed by atoms with E-state index in [0.29, 0.717) is 53.8 Å². The van der Waals surface area contributed by atoms with E-state index in [1.54, 1.807) is 42.5 Å². The number of hydrogen-bond acceptors (Lipinski definition) is 6. The number of nitrogens with zero attached hydrogens (tertiary/aromatic N) is 3. The molecule has 2 atom stereocenters. The van der Waals surface area contributed by atoms with Crippen molar-refractivity contribution in [3.63, 3.8) is 0 Å². The van der Waals surface area contributed by atoms with E-state index in [4.69, 9.17) is 21.1 Å². The molecule has 3 heterocycles. The van der Waals surface area contributed by atoms with E-state index >= 15 is 0 Å². The molecule has 7 nitrogen and oxygen atoms in total. The molecule has 2 aliphatic rings. The molecule has 0 unspecified atom stereocenters. The molecule has 3 aromatic rings. The third kappa shape index (κ3) is 4.29. The molecular weight excluding hydrogens is 498 g/mol. The molecule has 0 spiro atoms. The minimum absolute atomic E-state index is 0.00645. The number of piperazine rings is 1. The van der Waals surface area contributed by atoms with Crippen LogP contribution in [0.15, 0.2) is 53.9 Å². The van der Waals surface area contributed by atoms with Crippen LogP contribution in [0.3, 0.4) is 0 Å². The lowest BCUT2D eigenvalue weighted by atomic mass is 9.81. The fraction of sp³-hybridized carbons (Fsp3) is 0.333. The summed E-state index contributed by atoms with van der Waals surface area (Å²) in [5.41, 5.74) is 2.20. The molecule has 1 fully saturated rings. The van der Waals surface area contributed by atoms with Gasteiger partial charge in [-0.1, -0.05) is 23.7 Å². The van der Waals surface area contributed by atoms with E-state index < -0.39 is 12.0 Å². The summed E-state index contributed by atoms with van der Waals surface area (Å²) in [5.74, 6) is 0.279. The van der Waals surface area contributed by atoms with Gasteiger partial charge in [0.2, 0.25) is 5.91 Å². The van der Waals surface area contributed by atoms with Gasteiger partial charge >= 0.3 is 0 Å². The first kappa shape index (κ1) is 24.5. The van der Waals surface area contributed by atoms with Gasteiger partial charge in [0.05, 0.1) is 26.2 Å². The molecule has 0 saturated carbocycles. The van der Waals surface area contributed by atoms with Gasteiger partial charge in [-0.25, -0.2) is 0 Å². The molecule has 9 heteroatoms. The normalized spacial score (nSPS) is 19.8. The van der Waals surface area contributed by atoms with E-state index in [0.717, 1.165) is 10.6 Å². The van der Waals surface area contributed by atoms with Crippen molar-refractivity contribution in [2.45, 2.75) is 12.0 Å². The molecule has 0 aliphatic carbocycles. The van der Waals surface area contributed by atoms with Gasteiger partial charge < -0.3 is 24.2 Å². The third-order valence-corrected chi connectivity index (χ3v) is 8.22. The number of carbonyl (C=O) groups excluding carboxylic acids is 2. The Labute approximate surface area is 219 Å². The number of likely N-dealkylation sites (N-methyl/N-ethyl adjacent to an activating group) is 1. The summed E-state index contributed by atoms with van der Waals surface area (Å²) in [6.07, 6.45) is 0. The third-order valence-electron chi connectivity index (χ3n) is 7.04. The van der Waals surface area contributed by atoms with Gasteiger partial charge in [0.1, 0.15) is 0 Å². The predicted octanol–water partition coefficient (Wildman–Crippen LogP) is 4.68. The zero-order valence-corrected chi connectivity index (χ0v) is 22.0. The van der Waals surface area contributed by atoms with Crippen molar-refractivity contribution in [2.24, 2.45) is 0 Å². The van der Waals surface area contributed by atoms with Crippen LogP contribution in [0.2, 0.25) is 5.02 Å². The SMILES string of the molecule is COc1cc2c(cc1OC)[C@@H](C(=O)N1CCN(c3cccc(Cl)c3)CC1)[C@H](c1cccs1)N(C)C2=O. The Kier molecular flexibility index (Phi) is 6.81. The molecule has 0 radical (unpaired) electrons. The van der Waals surface area contributed by atoms with Crippen molar-refractivity contribution >= 4 is 40.4 Å². The number of fused-ring (bicyclic) bond motifs is 1. The highest BCUT2D eigenvalue weighted by molar-refractivity contribution is 7.10. The average molecular weight is 526 g/mol. The van der Waals surface area contributed by atoms with Gasteiger partial charge in [0.15, 0.2) is 11.5 Å². The second-order valence-electron chi connectivity index (χ2n) is 8.94. The number of halogens is 1. The Morgan fingerprint density at radius 2 is 1.72 bits per heavy atom. The van der Waals surface area contributed by atoms with Crippen molar-refractivity contribution in [3.05, 3.63) is 74.9 Å². The summed E-state index contributed by atoms with van der Waals surface area (Å²) in [6, 6.07) is 14.8. The topological polar surface area (TPSA) is 62.3 Å². The zero-order chi connectivity index (χ0) is 25.4. The number of thiophene rings is 1. The molecule has 36 heavy (non-hydrogen) atoms. The maximum atomic E-state index is 14.2. The van der Waals surface area contributed by atoms with Crippen LogP contribution in [-0.4, -0.2) is 69.1 Å². The first-order valence-electron chi connectivity index (χ1n) is 11.8. The van der Waals surface area contributed by atoms with Crippen LogP contribution in [0.25, 0.3) is 0 Å². The van der Waals surface area contributed by atoms with Gasteiger partial charge in [-0.3, -0.25) is 9.59 Å². The molecule has 0 N–H and O–H groups in total. The van der Waals surface area contributed by atoms with Gasteiger partial charge in [-0.2, -0.15) is 0 Å². The summed E-state index contributed by atoms with van der Waals surface area (Å²) in [4.78, 5) is 34.5. The van der Waals surface area contributed by atoms with Crippen LogP contribution in [0, 0.1) is 0 Å². The van der Waals surface area contributed by atoms with Crippen molar-refractivity contribution < 1.29 is 19.1 Å². The molecule has 2 aliphatic heterocycles. The van der Waals surface area contributed by atoms with Crippen molar-refractivity contribution in [1.29, 1.82) is 0 Å². The smallest absolute Gasteiger partial charge is 0.254 e. The van der Waals surface area contributed by atoms with E-state index in [1.807, 2.05) is 46.7 Å². The minimum Gasteiger partial charge on any atom is -0.493 e. The summed E-state index contributed by atoms with van der Waals surface area (Å²) >= 11 is 7.74. The van der Waals surface area contributed by atoms with E-state index in [1.165, 1.54) is 7.11 Å². The van der Waals surface area contributed by atoms with Crippen LogP contribution in [0.4, 0.5) is 5.69 Å². The molecular formula is C27H28ClN3O4S. The quantitative estimate of drug-likeness (QED) is 0.484. The van der Waals surface area contributed by atoms with E-state index in [2.05, 4.69) is 4.90 Å². The average Bonchev–Trinajstić information content (AvgIpc) is 3.44. The van der Waals surface area contributed by atoms with Crippen molar-refractivity contribution in [3.8, 4) is 11.5 Å². The minimum atomic E-state index is -0.557. The van der Waals surface area contributed by atoms with Crippen LogP contribution >= 0.6 is 22.9 Å². The van der Waals surface area contributed by atoms with Gasteiger partial charge in [-0.15, -0.1) is 11.3 Å². The monoisotopic (exact) mass is 525 g/mol. The summed E-state index contributed by atoms with van der Waals surface area (Å²) < 4.78 is 11.0. The molecule has 188 valence electrons. The lowest BCUT2D eigenvalue weighted by molar-refractivity contribution is -0.134. The Morgan fingerprint density at radius 1 is 1.00 bits per heavy atom. The molecule has 1 saturated heterocycles. The Balaban J connectivity index is 1.50. The van der Waals surface area contributed by atoms with Crippen LogP contribution < -0.4 is 14.4 Å². The largest absolute Gasteiger partial charge is 0.493 e. The number of ether oxygens (including phenoxy) is 2. The molecule has 1 aromatic heterocycles. The van der Waals surface area contributed by atoms with Crippen LogP contribution in [0.1, 0.15) is 32.8 Å². The van der Waals surface area contributed by atoms with Gasteiger partial charge in [0.25, 0.3) is 5.91 Å². The first-order chi connectivity index (χ1) is 17.4. The molecule has 2 aromatic carbocycles. The Hall–Kier alpha value is -3.23. The number of carbonyl (C=O) groups is 2. The van der Waals surface area contributed by atoms with E-state index in [-0.39, 0.29) is 11.8 Å². The number of amides is 2. The lowest BCUT2D eigenvalue weighted by Crippen LogP contribution is -2.53. The van der Waals surface area contributed by atoms with Gasteiger partial charge in [-0.05, 0) is 47.3 Å². The Morgan fingerprint density at radius 3 is 2.36 bits per heavy atom. The molecule has 5 rings (SSSR count). The fourth-order valence-corrected chi connectivity index (χ4v) is 6.27. The standard InChI is InChI=1S/C27H28ClN3O4S/c1-29-25(23-8-5-13-36-23)24(19-15-21(34-2)22(35-3)16-20(19)26(29)32)27(33)31-11-9-30(10-12-31)18-7-4-6-17(28)14-18/h4-8,13-16,24-25H,9-12H2,1-3H3/t24-,25+/m1/s1. The highest BCUT2D eigenvalue weighted by Gasteiger charge is 2.45. The summed E-state index contributed by atoms with van der Waals surface area (Å²) in [5, 5.41) is 2.67. The highest BCUT2D eigenvalue weighted by atomic mass is 35.5. The maximum absolute atomic E-state index is 14.2. The number of anilines is 1. The number of benzene rings is 2. The maximum Gasteiger partial charge on any atom is 0.254 e. The predicted molar refractivity (Wildman–Crippen MR) is 142 cm³/mol. The highest BCUT2D eigenvalue weighted by Crippen LogP contribution is 2.47. The Bertz CT molecular complexity index is 1270. The number of methoxy groups -OCH3 is 2. The second-order valence-corrected chi connectivity index (χ2v) is 10.4. The van der Waals surface area contributed by atoms with Crippen LogP contribution in [0.5, 0.6) is 11.5 Å². The van der Waals surface area contributed by atoms with Crippen molar-refractivity contribution in [2.75, 3.05) is 52.3 Å². The lowest BCUT2D eigenvalue weighted by Gasteiger charge is -2.43. The second kappa shape index (κ2) is 10.0. The molecule has 0 bridgehead atoms. The zero-order valence-electron chi connectivity index (χ0n) is 20.4. The van der Waals surface area contributed by atoms with Crippen molar-refractivity contribution in [1.82, 2.24) is 9.80 Å². The summed E-state index contributed by atoms with van der Waals surface area (Å²) in [6.45, 7) is 2.57. The van der Waals surface area contributed by atoms with Crippen LogP contribution in [-0.2, 0) is 4.79 Å². The first-order valence-corrected chi connectivity index (χ1v) is 13.0. The number of hydrogen-bond donors (Lipinski definition) is 0. The van der Waals surface area contributed by atoms with E-state index in [9.17, 15) is 9.59 Å².